The van der Waals surface area contributed by atoms with Gasteiger partial charge in [-0.15, -0.1) is 13.2 Å². The molecule has 0 radical (unpaired) electrons. The van der Waals surface area contributed by atoms with Crippen LogP contribution in [0.5, 0.6) is 11.5 Å². The first-order valence-electron chi connectivity index (χ1n) is 9.58. The number of para-hydroxylation sites is 1. The van der Waals surface area contributed by atoms with Gasteiger partial charge in [0, 0.05) is 11.0 Å². The predicted octanol–water partition coefficient (Wildman–Crippen LogP) is 7.31. The van der Waals surface area contributed by atoms with Crippen molar-refractivity contribution in [1.29, 1.82) is 0 Å². The fourth-order valence-corrected chi connectivity index (χ4v) is 3.12. The van der Waals surface area contributed by atoms with Crippen LogP contribution in [-0.2, 0) is 10.2 Å². The van der Waals surface area contributed by atoms with E-state index in [0.29, 0.717) is 10.8 Å². The van der Waals surface area contributed by atoms with Gasteiger partial charge in [0.1, 0.15) is 11.5 Å². The van der Waals surface area contributed by atoms with Crippen molar-refractivity contribution in [2.75, 3.05) is 6.61 Å². The molecule has 31 heavy (non-hydrogen) atoms. The highest BCUT2D eigenvalue weighted by Gasteiger charge is 2.31. The van der Waals surface area contributed by atoms with Crippen LogP contribution in [0.2, 0.25) is 5.02 Å². The Kier molecular flexibility index (Phi) is 7.13. The van der Waals surface area contributed by atoms with E-state index in [1.165, 1.54) is 12.1 Å². The molecule has 164 valence electrons. The van der Waals surface area contributed by atoms with Crippen LogP contribution in [0.15, 0.2) is 78.9 Å². The summed E-state index contributed by atoms with van der Waals surface area (Å²) >= 11 is 6.23. The first-order valence-corrected chi connectivity index (χ1v) is 9.96. The maximum absolute atomic E-state index is 12.4. The Hall–Kier alpha value is -2.70. The second-order valence-corrected chi connectivity index (χ2v) is 7.97. The topological polar surface area (TPSA) is 27.7 Å². The van der Waals surface area contributed by atoms with Gasteiger partial charge >= 0.3 is 6.36 Å². The second-order valence-electron chi connectivity index (χ2n) is 7.56. The first kappa shape index (κ1) is 23.0. The maximum atomic E-state index is 12.4. The smallest absolute Gasteiger partial charge is 0.459 e. The number of ether oxygens (including phenoxy) is 3. The molecule has 7 heteroatoms. The van der Waals surface area contributed by atoms with Crippen LogP contribution in [0, 0.1) is 0 Å². The highest BCUT2D eigenvalue weighted by molar-refractivity contribution is 6.32. The Morgan fingerprint density at radius 3 is 2.06 bits per heavy atom. The van der Waals surface area contributed by atoms with Crippen LogP contribution in [0.25, 0.3) is 0 Å². The lowest BCUT2D eigenvalue weighted by molar-refractivity contribution is -0.274. The molecule has 0 saturated carbocycles. The van der Waals surface area contributed by atoms with E-state index in [2.05, 4.69) is 4.74 Å². The lowest BCUT2D eigenvalue weighted by Crippen LogP contribution is -2.27. The molecule has 3 aromatic rings. The minimum absolute atomic E-state index is 0.247. The summed E-state index contributed by atoms with van der Waals surface area (Å²) in [5.74, 6) is 0.224. The number of alkyl halides is 3. The molecule has 1 unspecified atom stereocenters. The lowest BCUT2D eigenvalue weighted by Gasteiger charge is -2.29. The molecular weight excluding hydrogens is 429 g/mol. The largest absolute Gasteiger partial charge is 0.573 e. The predicted molar refractivity (Wildman–Crippen MR) is 113 cm³/mol. The van der Waals surface area contributed by atoms with Crippen molar-refractivity contribution in [1.82, 2.24) is 0 Å². The van der Waals surface area contributed by atoms with Crippen LogP contribution in [0.1, 0.15) is 31.3 Å². The van der Waals surface area contributed by atoms with Gasteiger partial charge in [0.05, 0.1) is 11.6 Å². The number of benzene rings is 3. The molecule has 0 aliphatic carbocycles. The van der Waals surface area contributed by atoms with Gasteiger partial charge in [-0.2, -0.15) is 0 Å². The molecule has 0 aliphatic heterocycles. The first-order chi connectivity index (χ1) is 14.6. The second kappa shape index (κ2) is 9.62. The van der Waals surface area contributed by atoms with Crippen LogP contribution >= 0.6 is 11.6 Å². The zero-order chi connectivity index (χ0) is 22.5. The van der Waals surface area contributed by atoms with Gasteiger partial charge in [-0.3, -0.25) is 0 Å². The van der Waals surface area contributed by atoms with Crippen molar-refractivity contribution in [2.45, 2.75) is 31.9 Å². The quantitative estimate of drug-likeness (QED) is 0.337. The molecule has 0 aliphatic rings. The molecule has 0 amide bonds. The van der Waals surface area contributed by atoms with Crippen LogP contribution in [-0.4, -0.2) is 13.0 Å². The van der Waals surface area contributed by atoms with Gasteiger partial charge in [-0.05, 0) is 29.8 Å². The monoisotopic (exact) mass is 450 g/mol. The summed E-state index contributed by atoms with van der Waals surface area (Å²) in [6, 6.07) is 22.3. The van der Waals surface area contributed by atoms with E-state index in [-0.39, 0.29) is 12.4 Å². The van der Waals surface area contributed by atoms with E-state index in [0.717, 1.165) is 11.1 Å². The summed E-state index contributed by atoms with van der Waals surface area (Å²) in [5.41, 5.74) is 1.10. The Morgan fingerprint density at radius 1 is 0.839 bits per heavy atom. The van der Waals surface area contributed by atoms with Crippen LogP contribution in [0.4, 0.5) is 13.2 Å². The van der Waals surface area contributed by atoms with E-state index < -0.39 is 18.1 Å². The summed E-state index contributed by atoms with van der Waals surface area (Å²) in [5, 5.41) is 0.464. The summed E-state index contributed by atoms with van der Waals surface area (Å²) in [6.45, 7) is 4.12. The number of halogens is 4. The van der Waals surface area contributed by atoms with E-state index in [4.69, 9.17) is 21.1 Å². The molecule has 0 N–H and O–H groups in total. The fraction of sp³-hybridized carbons (Fsp3) is 0.250. The van der Waals surface area contributed by atoms with Gasteiger partial charge in [0.15, 0.2) is 0 Å². The zero-order valence-electron chi connectivity index (χ0n) is 17.0. The summed E-state index contributed by atoms with van der Waals surface area (Å²) in [6.07, 6.45) is -5.44. The molecular formula is C24H22ClF3O3. The van der Waals surface area contributed by atoms with Crippen molar-refractivity contribution in [3.8, 4) is 11.5 Å². The van der Waals surface area contributed by atoms with Gasteiger partial charge in [-0.25, -0.2) is 0 Å². The van der Waals surface area contributed by atoms with Crippen molar-refractivity contribution in [3.63, 3.8) is 0 Å². The van der Waals surface area contributed by atoms with Gasteiger partial charge < -0.3 is 14.2 Å². The maximum Gasteiger partial charge on any atom is 0.573 e. The zero-order valence-corrected chi connectivity index (χ0v) is 17.8. The lowest BCUT2D eigenvalue weighted by atomic mass is 9.85. The highest BCUT2D eigenvalue weighted by atomic mass is 35.5. The third-order valence-electron chi connectivity index (χ3n) is 4.61. The Bertz CT molecular complexity index is 973. The Labute approximate surface area is 184 Å². The Morgan fingerprint density at radius 2 is 1.45 bits per heavy atom. The SMILES string of the molecule is CC(C)(COC(Oc1ccccc1Cl)c1ccccc1)c1ccc(OC(F)(F)F)cc1. The molecule has 0 bridgehead atoms. The third-order valence-corrected chi connectivity index (χ3v) is 4.92. The third kappa shape index (κ3) is 6.64. The average Bonchev–Trinajstić information content (AvgIpc) is 2.72. The van der Waals surface area contributed by atoms with Gasteiger partial charge in [-0.1, -0.05) is 80.0 Å². The molecule has 0 spiro atoms. The number of hydrogen-bond donors (Lipinski definition) is 0. The van der Waals surface area contributed by atoms with Gasteiger partial charge in [0.2, 0.25) is 6.29 Å². The molecule has 0 aromatic heterocycles. The molecule has 0 fully saturated rings. The van der Waals surface area contributed by atoms with E-state index in [1.54, 1.807) is 24.3 Å². The van der Waals surface area contributed by atoms with Crippen molar-refractivity contribution in [2.24, 2.45) is 0 Å². The molecule has 3 aromatic carbocycles. The molecule has 0 saturated heterocycles. The molecule has 1 atom stereocenters. The molecule has 3 rings (SSSR count). The average molecular weight is 451 g/mol. The molecule has 0 heterocycles. The Balaban J connectivity index is 1.74. The normalized spacial score (nSPS) is 13.0. The summed E-state index contributed by atoms with van der Waals surface area (Å²) in [4.78, 5) is 0. The van der Waals surface area contributed by atoms with E-state index >= 15 is 0 Å². The van der Waals surface area contributed by atoms with Gasteiger partial charge in [0.25, 0.3) is 0 Å². The summed E-state index contributed by atoms with van der Waals surface area (Å²) in [7, 11) is 0. The van der Waals surface area contributed by atoms with Crippen LogP contribution in [0.3, 0.4) is 0 Å². The fourth-order valence-electron chi connectivity index (χ4n) is 2.94. The summed E-state index contributed by atoms with van der Waals surface area (Å²) < 4.78 is 53.3. The van der Waals surface area contributed by atoms with Crippen molar-refractivity contribution < 1.29 is 27.4 Å². The minimum Gasteiger partial charge on any atom is -0.459 e. The van der Waals surface area contributed by atoms with E-state index in [1.807, 2.05) is 56.3 Å². The number of rotatable bonds is 8. The van der Waals surface area contributed by atoms with E-state index in [9.17, 15) is 13.2 Å². The molecule has 3 nitrogen and oxygen atoms in total. The standard InChI is InChI=1S/C24H22ClF3O3/c1-23(2,18-12-14-19(15-13-18)31-24(26,27)28)16-29-22(17-8-4-3-5-9-17)30-21-11-7-6-10-20(21)25/h3-15,22H,16H2,1-2H3. The minimum atomic E-state index is -4.72. The number of hydrogen-bond acceptors (Lipinski definition) is 3. The highest BCUT2D eigenvalue weighted by Crippen LogP contribution is 2.33. The van der Waals surface area contributed by atoms with Crippen molar-refractivity contribution >= 4 is 11.6 Å². The van der Waals surface area contributed by atoms with Crippen LogP contribution < -0.4 is 9.47 Å². The van der Waals surface area contributed by atoms with Crippen molar-refractivity contribution in [3.05, 3.63) is 95.0 Å².